The van der Waals surface area contributed by atoms with Crippen LogP contribution in [0.5, 0.6) is 0 Å². The number of halogens is 3. The number of nitrogens with zero attached hydrogens (tertiary/aromatic N) is 2. The van der Waals surface area contributed by atoms with Gasteiger partial charge in [-0.1, -0.05) is 19.1 Å². The number of ether oxygens (including phenoxy) is 1. The van der Waals surface area contributed by atoms with Crippen LogP contribution >= 0.6 is 0 Å². The van der Waals surface area contributed by atoms with Gasteiger partial charge in [0.15, 0.2) is 0 Å². The lowest BCUT2D eigenvalue weighted by atomic mass is 9.81. The number of carbonyl (C=O) groups is 2. The molecule has 1 heterocycles. The minimum absolute atomic E-state index is 0.129. The maximum Gasteiger partial charge on any atom is 0.471 e. The average Bonchev–Trinajstić information content (AvgIpc) is 3.41. The number of likely N-dealkylation sites (tertiary alicyclic amines) is 1. The van der Waals surface area contributed by atoms with Gasteiger partial charge in [0.1, 0.15) is 5.60 Å². The van der Waals surface area contributed by atoms with E-state index >= 15 is 0 Å². The van der Waals surface area contributed by atoms with E-state index in [4.69, 9.17) is 4.74 Å². The lowest BCUT2D eigenvalue weighted by Crippen LogP contribution is -2.60. The summed E-state index contributed by atoms with van der Waals surface area (Å²) in [4.78, 5) is 27.0. The van der Waals surface area contributed by atoms with E-state index in [2.05, 4.69) is 4.90 Å². The number of hydrogen-bond acceptors (Lipinski definition) is 4. The molecule has 5 nitrogen and oxygen atoms in total. The first-order chi connectivity index (χ1) is 13.8. The fourth-order valence-electron chi connectivity index (χ4n) is 3.91. The van der Waals surface area contributed by atoms with E-state index < -0.39 is 17.7 Å². The van der Waals surface area contributed by atoms with Crippen molar-refractivity contribution >= 4 is 11.9 Å². The Bertz CT molecular complexity index is 789. The smallest absolute Gasteiger partial charge is 0.456 e. The molecule has 1 aromatic rings. The molecule has 30 heavy (non-hydrogen) atoms. The molecule has 0 aromatic heterocycles. The maximum atomic E-state index is 12.9. The number of rotatable bonds is 6. The molecule has 2 aliphatic rings. The number of esters is 1. The van der Waals surface area contributed by atoms with Gasteiger partial charge in [0.25, 0.3) is 0 Å². The monoisotopic (exact) mass is 426 g/mol. The highest BCUT2D eigenvalue weighted by molar-refractivity contribution is 5.89. The Morgan fingerprint density at radius 3 is 2.17 bits per heavy atom. The van der Waals surface area contributed by atoms with Gasteiger partial charge < -0.3 is 9.64 Å². The molecule has 2 fully saturated rings. The van der Waals surface area contributed by atoms with Crippen LogP contribution in [0.4, 0.5) is 13.2 Å². The van der Waals surface area contributed by atoms with Crippen LogP contribution in [0.15, 0.2) is 24.3 Å². The van der Waals surface area contributed by atoms with Crippen molar-refractivity contribution < 1.29 is 27.5 Å². The second-order valence-electron chi connectivity index (χ2n) is 9.82. The maximum absolute atomic E-state index is 12.9. The van der Waals surface area contributed by atoms with Crippen molar-refractivity contribution in [2.75, 3.05) is 19.6 Å². The Hall–Kier alpha value is -2.09. The molecule has 166 valence electrons. The first-order valence-electron chi connectivity index (χ1n) is 10.2. The zero-order valence-electron chi connectivity index (χ0n) is 17.9. The largest absolute Gasteiger partial charge is 0.471 e. The Kier molecular flexibility index (Phi) is 5.93. The molecule has 8 heteroatoms. The lowest BCUT2D eigenvalue weighted by Gasteiger charge is -2.50. The number of hydrogen-bond donors (Lipinski definition) is 0. The van der Waals surface area contributed by atoms with E-state index in [1.165, 1.54) is 0 Å². The summed E-state index contributed by atoms with van der Waals surface area (Å²) in [6.45, 7) is 9.37. The minimum Gasteiger partial charge on any atom is -0.456 e. The summed E-state index contributed by atoms with van der Waals surface area (Å²) < 4.78 is 44.0. The molecule has 0 unspecified atom stereocenters. The molecule has 0 spiro atoms. The third-order valence-corrected chi connectivity index (χ3v) is 5.25. The quantitative estimate of drug-likeness (QED) is 0.645. The third kappa shape index (κ3) is 5.74. The van der Waals surface area contributed by atoms with E-state index in [9.17, 15) is 22.8 Å². The molecule has 3 rings (SSSR count). The second kappa shape index (κ2) is 7.87. The van der Waals surface area contributed by atoms with Crippen molar-refractivity contribution in [2.45, 2.75) is 64.9 Å². The van der Waals surface area contributed by atoms with Gasteiger partial charge in [0.05, 0.1) is 5.56 Å². The van der Waals surface area contributed by atoms with Crippen molar-refractivity contribution in [1.82, 2.24) is 9.80 Å². The second-order valence-corrected chi connectivity index (χ2v) is 9.82. The van der Waals surface area contributed by atoms with Crippen LogP contribution in [-0.2, 0) is 16.1 Å². The summed E-state index contributed by atoms with van der Waals surface area (Å²) in [5.74, 6) is -2.09. The highest BCUT2D eigenvalue weighted by Crippen LogP contribution is 2.38. The molecule has 0 N–H and O–H groups in total. The van der Waals surface area contributed by atoms with Crippen LogP contribution in [-0.4, -0.2) is 59.1 Å². The number of benzene rings is 1. The van der Waals surface area contributed by atoms with Crippen LogP contribution in [0, 0.1) is 5.41 Å². The van der Waals surface area contributed by atoms with Crippen LogP contribution in [0.3, 0.4) is 0 Å². The van der Waals surface area contributed by atoms with Gasteiger partial charge in [-0.05, 0) is 51.3 Å². The first kappa shape index (κ1) is 22.6. The Morgan fingerprint density at radius 2 is 1.70 bits per heavy atom. The molecular weight excluding hydrogens is 397 g/mol. The van der Waals surface area contributed by atoms with Crippen molar-refractivity contribution in [3.63, 3.8) is 0 Å². The number of amides is 1. The lowest BCUT2D eigenvalue weighted by molar-refractivity contribution is -0.189. The molecular formula is C22H29F3N2O3. The van der Waals surface area contributed by atoms with Crippen LogP contribution in [0.25, 0.3) is 0 Å². The molecule has 1 saturated heterocycles. The van der Waals surface area contributed by atoms with Crippen molar-refractivity contribution in [3.05, 3.63) is 35.4 Å². The summed E-state index contributed by atoms with van der Waals surface area (Å²) in [5.41, 5.74) is 0.585. The van der Waals surface area contributed by atoms with E-state index in [0.717, 1.165) is 10.5 Å². The Labute approximate surface area is 175 Å². The number of alkyl halides is 3. The summed E-state index contributed by atoms with van der Waals surface area (Å²) in [7, 11) is 0. The molecule has 1 aromatic carbocycles. The van der Waals surface area contributed by atoms with E-state index in [-0.39, 0.29) is 24.0 Å². The first-order valence-corrected chi connectivity index (χ1v) is 10.2. The molecule has 1 aliphatic heterocycles. The van der Waals surface area contributed by atoms with Crippen LogP contribution in [0.1, 0.15) is 56.5 Å². The summed E-state index contributed by atoms with van der Waals surface area (Å²) in [5, 5.41) is 0. The minimum atomic E-state index is -4.82. The van der Waals surface area contributed by atoms with Crippen LogP contribution < -0.4 is 0 Å². The van der Waals surface area contributed by atoms with E-state index in [0.29, 0.717) is 38.0 Å². The van der Waals surface area contributed by atoms with Gasteiger partial charge in [0.2, 0.25) is 0 Å². The van der Waals surface area contributed by atoms with Crippen molar-refractivity contribution in [2.24, 2.45) is 5.41 Å². The summed E-state index contributed by atoms with van der Waals surface area (Å²) >= 11 is 0. The summed E-state index contributed by atoms with van der Waals surface area (Å²) in [6.07, 6.45) is -3.53. The Balaban J connectivity index is 1.52. The third-order valence-electron chi connectivity index (χ3n) is 5.25. The zero-order valence-corrected chi connectivity index (χ0v) is 17.9. The standard InChI is InChI=1S/C22H29F3N2O3/c1-20(2,3)30-18(28)16-7-5-15(6-8-16)11-26-12-21(4,13-26)14-27(17-9-10-17)19(29)22(23,24)25/h5-8,17H,9-14H2,1-4H3. The molecule has 0 radical (unpaired) electrons. The van der Waals surface area contributed by atoms with E-state index in [1.54, 1.807) is 12.1 Å². The summed E-state index contributed by atoms with van der Waals surface area (Å²) in [6, 6.07) is 6.89. The molecule has 1 aliphatic carbocycles. The predicted molar refractivity (Wildman–Crippen MR) is 106 cm³/mol. The highest BCUT2D eigenvalue weighted by Gasteiger charge is 2.50. The van der Waals surface area contributed by atoms with E-state index in [1.807, 2.05) is 39.8 Å². The normalized spacial score (nSPS) is 19.2. The predicted octanol–water partition coefficient (Wildman–Crippen LogP) is 4.02. The average molecular weight is 426 g/mol. The van der Waals surface area contributed by atoms with Gasteiger partial charge in [-0.15, -0.1) is 0 Å². The molecule has 0 atom stereocenters. The topological polar surface area (TPSA) is 49.9 Å². The van der Waals surface area contributed by atoms with Crippen molar-refractivity contribution in [3.8, 4) is 0 Å². The molecule has 0 bridgehead atoms. The van der Waals surface area contributed by atoms with Crippen LogP contribution in [0.2, 0.25) is 0 Å². The SMILES string of the molecule is CC1(CN(C(=O)C(F)(F)F)C2CC2)CN(Cc2ccc(C(=O)OC(C)(C)C)cc2)C1. The number of carbonyl (C=O) groups excluding carboxylic acids is 2. The highest BCUT2D eigenvalue weighted by atomic mass is 19.4. The Morgan fingerprint density at radius 1 is 1.13 bits per heavy atom. The fraction of sp³-hybridized carbons (Fsp3) is 0.636. The zero-order chi connectivity index (χ0) is 22.3. The molecule has 1 amide bonds. The van der Waals surface area contributed by atoms with Crippen molar-refractivity contribution in [1.29, 1.82) is 0 Å². The van der Waals surface area contributed by atoms with Gasteiger partial charge in [-0.3, -0.25) is 9.69 Å². The van der Waals surface area contributed by atoms with Gasteiger partial charge in [-0.25, -0.2) is 4.79 Å². The van der Waals surface area contributed by atoms with Gasteiger partial charge >= 0.3 is 18.1 Å². The van der Waals surface area contributed by atoms with Gasteiger partial charge in [0, 0.05) is 37.6 Å². The fourth-order valence-corrected chi connectivity index (χ4v) is 3.91. The van der Waals surface area contributed by atoms with Gasteiger partial charge in [-0.2, -0.15) is 13.2 Å². The molecule has 1 saturated carbocycles.